The molecule has 27 heavy (non-hydrogen) atoms. The molecule has 2 aliphatic rings. The van der Waals surface area contributed by atoms with Gasteiger partial charge in [0.1, 0.15) is 0 Å². The summed E-state index contributed by atoms with van der Waals surface area (Å²) < 4.78 is 7.02. The third kappa shape index (κ3) is 4.10. The first kappa shape index (κ1) is 18.3. The van der Waals surface area contributed by atoms with E-state index in [0.717, 1.165) is 63.9 Å². The number of aromatic nitrogens is 1. The summed E-state index contributed by atoms with van der Waals surface area (Å²) in [7, 11) is 0. The van der Waals surface area contributed by atoms with Crippen molar-refractivity contribution in [3.05, 3.63) is 34.8 Å². The molecule has 0 saturated carbocycles. The molecule has 0 spiro atoms. The molecule has 1 aromatic heterocycles. The number of hydrogen-bond donors (Lipinski definition) is 0. The summed E-state index contributed by atoms with van der Waals surface area (Å²) in [6, 6.07) is 7.55. The smallest absolute Gasteiger partial charge is 0.408 e. The minimum absolute atomic E-state index is 0.178. The Morgan fingerprint density at radius 1 is 0.963 bits per heavy atom. The Kier molecular flexibility index (Phi) is 5.62. The van der Waals surface area contributed by atoms with Gasteiger partial charge >= 0.3 is 5.76 Å². The number of hydrogen-bond acceptors (Lipinski definition) is 4. The maximum atomic E-state index is 12.8. The van der Waals surface area contributed by atoms with Gasteiger partial charge in [-0.2, -0.15) is 0 Å². The van der Waals surface area contributed by atoms with Crippen LogP contribution in [0, 0.1) is 5.92 Å². The van der Waals surface area contributed by atoms with Gasteiger partial charge in [0.2, 0.25) is 5.91 Å². The summed E-state index contributed by atoms with van der Waals surface area (Å²) in [6.07, 6.45) is 6.66. The first-order valence-electron chi connectivity index (χ1n) is 10.3. The van der Waals surface area contributed by atoms with E-state index < -0.39 is 0 Å². The third-order valence-corrected chi connectivity index (χ3v) is 6.07. The molecule has 0 atom stereocenters. The molecule has 2 aromatic rings. The van der Waals surface area contributed by atoms with Gasteiger partial charge in [0.25, 0.3) is 0 Å². The highest BCUT2D eigenvalue weighted by Gasteiger charge is 2.28. The number of likely N-dealkylation sites (tertiary alicyclic amines) is 2. The van der Waals surface area contributed by atoms with Crippen LogP contribution in [-0.4, -0.2) is 53.0 Å². The van der Waals surface area contributed by atoms with E-state index in [2.05, 4.69) is 9.80 Å². The van der Waals surface area contributed by atoms with Gasteiger partial charge in [-0.1, -0.05) is 25.0 Å². The SMILES string of the molecule is O=C(C1CCN(CCn2c(=O)oc3ccccc32)CC1)N1CCCCCC1. The average molecular weight is 371 g/mol. The lowest BCUT2D eigenvalue weighted by Crippen LogP contribution is -2.43. The molecule has 1 amide bonds. The Bertz CT molecular complexity index is 825. The summed E-state index contributed by atoms with van der Waals surface area (Å²) in [6.45, 7) is 5.17. The van der Waals surface area contributed by atoms with Gasteiger partial charge in [0.05, 0.1) is 5.52 Å². The van der Waals surface area contributed by atoms with Crippen LogP contribution in [0.15, 0.2) is 33.5 Å². The zero-order chi connectivity index (χ0) is 18.6. The fourth-order valence-corrected chi connectivity index (χ4v) is 4.42. The van der Waals surface area contributed by atoms with E-state index in [1.165, 1.54) is 12.8 Å². The predicted molar refractivity (Wildman–Crippen MR) is 105 cm³/mol. The zero-order valence-electron chi connectivity index (χ0n) is 15.9. The molecule has 0 radical (unpaired) electrons. The van der Waals surface area contributed by atoms with Gasteiger partial charge < -0.3 is 14.2 Å². The minimum Gasteiger partial charge on any atom is -0.408 e. The number of nitrogens with zero attached hydrogens (tertiary/aromatic N) is 3. The largest absolute Gasteiger partial charge is 0.419 e. The highest BCUT2D eigenvalue weighted by molar-refractivity contribution is 5.79. The third-order valence-electron chi connectivity index (χ3n) is 6.07. The molecule has 0 unspecified atom stereocenters. The zero-order valence-corrected chi connectivity index (χ0v) is 15.9. The van der Waals surface area contributed by atoms with Crippen LogP contribution >= 0.6 is 0 Å². The standard InChI is InChI=1S/C21H29N3O3/c25-20(23-11-5-1-2-6-12-23)17-9-13-22(14-10-17)15-16-24-18-7-3-4-8-19(18)27-21(24)26/h3-4,7-8,17H,1-2,5-6,9-16H2. The van der Waals surface area contributed by atoms with Crippen molar-refractivity contribution in [1.82, 2.24) is 14.4 Å². The lowest BCUT2D eigenvalue weighted by Gasteiger charge is -2.34. The number of benzene rings is 1. The number of carbonyl (C=O) groups excluding carboxylic acids is 1. The molecule has 3 heterocycles. The summed E-state index contributed by atoms with van der Waals surface area (Å²) in [5.41, 5.74) is 1.50. The molecule has 146 valence electrons. The first-order chi connectivity index (χ1) is 13.2. The molecular weight excluding hydrogens is 342 g/mol. The van der Waals surface area contributed by atoms with E-state index in [9.17, 15) is 9.59 Å². The number of oxazole rings is 1. The van der Waals surface area contributed by atoms with Crippen LogP contribution in [-0.2, 0) is 11.3 Å². The molecule has 0 aliphatic carbocycles. The van der Waals surface area contributed by atoms with Crippen molar-refractivity contribution in [3.63, 3.8) is 0 Å². The minimum atomic E-state index is -0.289. The number of para-hydroxylation sites is 2. The molecule has 6 nitrogen and oxygen atoms in total. The Labute approximate surface area is 159 Å². The van der Waals surface area contributed by atoms with Crippen LogP contribution in [0.25, 0.3) is 11.1 Å². The van der Waals surface area contributed by atoms with Gasteiger partial charge in [-0.15, -0.1) is 0 Å². The number of fused-ring (bicyclic) bond motifs is 1. The fourth-order valence-electron chi connectivity index (χ4n) is 4.42. The van der Waals surface area contributed by atoms with Crippen LogP contribution in [0.2, 0.25) is 0 Å². The fraction of sp³-hybridized carbons (Fsp3) is 0.619. The van der Waals surface area contributed by atoms with Gasteiger partial charge in [0, 0.05) is 32.1 Å². The van der Waals surface area contributed by atoms with Crippen molar-refractivity contribution in [2.45, 2.75) is 45.1 Å². The summed E-state index contributed by atoms with van der Waals surface area (Å²) >= 11 is 0. The highest BCUT2D eigenvalue weighted by atomic mass is 16.4. The average Bonchev–Trinajstić information content (AvgIpc) is 2.86. The van der Waals surface area contributed by atoms with Crippen molar-refractivity contribution in [2.24, 2.45) is 5.92 Å². The Morgan fingerprint density at radius 2 is 1.67 bits per heavy atom. The maximum absolute atomic E-state index is 12.8. The normalized spacial score (nSPS) is 20.1. The molecule has 2 saturated heterocycles. The molecule has 2 fully saturated rings. The molecule has 0 bridgehead atoms. The monoisotopic (exact) mass is 371 g/mol. The van der Waals surface area contributed by atoms with E-state index in [4.69, 9.17) is 4.42 Å². The van der Waals surface area contributed by atoms with Crippen molar-refractivity contribution in [3.8, 4) is 0 Å². The highest BCUT2D eigenvalue weighted by Crippen LogP contribution is 2.22. The van der Waals surface area contributed by atoms with Crippen molar-refractivity contribution in [1.29, 1.82) is 0 Å². The van der Waals surface area contributed by atoms with Crippen molar-refractivity contribution >= 4 is 17.0 Å². The first-order valence-corrected chi connectivity index (χ1v) is 10.3. The Balaban J connectivity index is 1.30. The van der Waals surface area contributed by atoms with E-state index >= 15 is 0 Å². The molecule has 4 rings (SSSR count). The van der Waals surface area contributed by atoms with Crippen LogP contribution < -0.4 is 5.76 Å². The molecule has 1 aromatic carbocycles. The second-order valence-electron chi connectivity index (χ2n) is 7.84. The maximum Gasteiger partial charge on any atom is 0.419 e. The predicted octanol–water partition coefficient (Wildman–Crippen LogP) is 2.71. The number of rotatable bonds is 4. The van der Waals surface area contributed by atoms with Crippen molar-refractivity contribution in [2.75, 3.05) is 32.7 Å². The van der Waals surface area contributed by atoms with E-state index in [0.29, 0.717) is 18.0 Å². The molecule has 6 heteroatoms. The van der Waals surface area contributed by atoms with Gasteiger partial charge in [-0.3, -0.25) is 9.36 Å². The van der Waals surface area contributed by atoms with Crippen LogP contribution in [0.3, 0.4) is 0 Å². The van der Waals surface area contributed by atoms with E-state index in [1.807, 2.05) is 24.3 Å². The lowest BCUT2D eigenvalue weighted by molar-refractivity contribution is -0.137. The van der Waals surface area contributed by atoms with Crippen LogP contribution in [0.5, 0.6) is 0 Å². The number of amides is 1. The summed E-state index contributed by atoms with van der Waals surface area (Å²) in [5, 5.41) is 0. The van der Waals surface area contributed by atoms with Gasteiger partial charge in [0.15, 0.2) is 5.58 Å². The van der Waals surface area contributed by atoms with Crippen LogP contribution in [0.1, 0.15) is 38.5 Å². The lowest BCUT2D eigenvalue weighted by atomic mass is 9.95. The van der Waals surface area contributed by atoms with Crippen molar-refractivity contribution < 1.29 is 9.21 Å². The second kappa shape index (κ2) is 8.30. The van der Waals surface area contributed by atoms with Gasteiger partial charge in [-0.05, 0) is 50.9 Å². The Hall–Kier alpha value is -2.08. The van der Waals surface area contributed by atoms with Gasteiger partial charge in [-0.25, -0.2) is 4.79 Å². The van der Waals surface area contributed by atoms with E-state index in [1.54, 1.807) is 4.57 Å². The number of carbonyl (C=O) groups is 1. The summed E-state index contributed by atoms with van der Waals surface area (Å²) in [4.78, 5) is 29.3. The summed E-state index contributed by atoms with van der Waals surface area (Å²) in [5.74, 6) is 0.257. The second-order valence-corrected chi connectivity index (χ2v) is 7.84. The van der Waals surface area contributed by atoms with E-state index in [-0.39, 0.29) is 11.7 Å². The quantitative estimate of drug-likeness (QED) is 0.829. The molecular formula is C21H29N3O3. The Morgan fingerprint density at radius 3 is 2.41 bits per heavy atom. The topological polar surface area (TPSA) is 58.7 Å². The molecule has 2 aliphatic heterocycles. The number of piperidine rings is 1. The van der Waals surface area contributed by atoms with Crippen LogP contribution in [0.4, 0.5) is 0 Å². The molecule has 0 N–H and O–H groups in total.